The number of hydrogen-bond donors (Lipinski definition) is 2. The number of hydrogen-bond acceptors (Lipinski definition) is 4. The van der Waals surface area contributed by atoms with E-state index < -0.39 is 37.2 Å². The molecule has 0 bridgehead atoms. The van der Waals surface area contributed by atoms with Crippen molar-refractivity contribution in [2.45, 2.75) is 32.5 Å². The largest absolute Gasteiger partial charge is 0.467 e. The van der Waals surface area contributed by atoms with Gasteiger partial charge in [-0.15, -0.1) is 0 Å². The van der Waals surface area contributed by atoms with Gasteiger partial charge in [0.15, 0.2) is 0 Å². The van der Waals surface area contributed by atoms with Gasteiger partial charge < -0.3 is 15.4 Å². The molecule has 112 valence electrons. The van der Waals surface area contributed by atoms with Gasteiger partial charge in [0.05, 0.1) is 20.2 Å². The Morgan fingerprint density at radius 3 is 2.26 bits per heavy atom. The summed E-state index contributed by atoms with van der Waals surface area (Å²) in [5.74, 6) is -1.16. The van der Waals surface area contributed by atoms with Crippen molar-refractivity contribution in [3.8, 4) is 0 Å². The summed E-state index contributed by atoms with van der Waals surface area (Å²) in [6, 6.07) is -0.842. The first-order valence-electron chi connectivity index (χ1n) is 5.80. The molecule has 5 nitrogen and oxygen atoms in total. The van der Waals surface area contributed by atoms with E-state index in [1.165, 1.54) is 7.11 Å². The Kier molecular flexibility index (Phi) is 7.43. The maximum absolute atomic E-state index is 11.9. The van der Waals surface area contributed by atoms with Gasteiger partial charge in [0.2, 0.25) is 5.91 Å². The normalized spacial score (nSPS) is 13.2. The van der Waals surface area contributed by atoms with Crippen LogP contribution in [0, 0.1) is 5.92 Å². The van der Waals surface area contributed by atoms with Crippen molar-refractivity contribution in [3.63, 3.8) is 0 Å². The molecule has 0 spiro atoms. The molecule has 0 rings (SSSR count). The molecule has 1 amide bonds. The SMILES string of the molecule is COC(=O)C(CC(C)C)NC(=O)CNCC(F)(F)F. The molecule has 0 radical (unpaired) electrons. The molecule has 0 aliphatic rings. The maximum atomic E-state index is 11.9. The van der Waals surface area contributed by atoms with Gasteiger partial charge in [-0.1, -0.05) is 13.8 Å². The zero-order valence-corrected chi connectivity index (χ0v) is 11.1. The van der Waals surface area contributed by atoms with E-state index in [4.69, 9.17) is 0 Å². The molecule has 0 aliphatic heterocycles. The molecule has 1 unspecified atom stereocenters. The van der Waals surface area contributed by atoms with Crippen molar-refractivity contribution in [2.75, 3.05) is 20.2 Å². The van der Waals surface area contributed by atoms with Gasteiger partial charge in [-0.3, -0.25) is 4.79 Å². The highest BCUT2D eigenvalue weighted by Crippen LogP contribution is 2.11. The van der Waals surface area contributed by atoms with Crippen LogP contribution in [0.4, 0.5) is 13.2 Å². The topological polar surface area (TPSA) is 67.4 Å². The van der Waals surface area contributed by atoms with Crippen LogP contribution in [0.15, 0.2) is 0 Å². The fourth-order valence-corrected chi connectivity index (χ4v) is 1.39. The lowest BCUT2D eigenvalue weighted by molar-refractivity contribution is -0.145. The van der Waals surface area contributed by atoms with E-state index >= 15 is 0 Å². The average Bonchev–Trinajstić information content (AvgIpc) is 2.24. The molecule has 0 aromatic carbocycles. The smallest absolute Gasteiger partial charge is 0.401 e. The van der Waals surface area contributed by atoms with Gasteiger partial charge in [-0.05, 0) is 12.3 Å². The Hall–Kier alpha value is -1.31. The third-order valence-corrected chi connectivity index (χ3v) is 2.14. The van der Waals surface area contributed by atoms with Crippen LogP contribution >= 0.6 is 0 Å². The lowest BCUT2D eigenvalue weighted by Crippen LogP contribution is -2.46. The Balaban J connectivity index is 4.20. The fraction of sp³-hybridized carbons (Fsp3) is 0.818. The van der Waals surface area contributed by atoms with Crippen molar-refractivity contribution in [1.29, 1.82) is 0 Å². The van der Waals surface area contributed by atoms with Gasteiger partial charge in [0.1, 0.15) is 6.04 Å². The highest BCUT2D eigenvalue weighted by molar-refractivity contribution is 5.85. The summed E-state index contributed by atoms with van der Waals surface area (Å²) < 4.78 is 40.1. The summed E-state index contributed by atoms with van der Waals surface area (Å²) in [5, 5.41) is 4.29. The molecule has 0 saturated carbocycles. The predicted octanol–water partition coefficient (Wildman–Crippen LogP) is 0.842. The number of alkyl halides is 3. The van der Waals surface area contributed by atoms with E-state index in [9.17, 15) is 22.8 Å². The highest BCUT2D eigenvalue weighted by atomic mass is 19.4. The Morgan fingerprint density at radius 2 is 1.84 bits per heavy atom. The molecular formula is C11H19F3N2O3. The molecule has 0 heterocycles. The molecule has 0 fully saturated rings. The monoisotopic (exact) mass is 284 g/mol. The number of methoxy groups -OCH3 is 1. The molecule has 0 aromatic heterocycles. The molecule has 0 saturated heterocycles. The van der Waals surface area contributed by atoms with Crippen molar-refractivity contribution in [3.05, 3.63) is 0 Å². The molecule has 1 atom stereocenters. The Bertz CT molecular complexity index is 306. The van der Waals surface area contributed by atoms with Crippen LogP contribution in [0.1, 0.15) is 20.3 Å². The summed E-state index contributed by atoms with van der Waals surface area (Å²) in [6.45, 7) is 1.94. The van der Waals surface area contributed by atoms with E-state index in [-0.39, 0.29) is 5.92 Å². The predicted molar refractivity (Wildman–Crippen MR) is 62.3 cm³/mol. The van der Waals surface area contributed by atoms with Gasteiger partial charge in [-0.2, -0.15) is 13.2 Å². The Labute approximate surface area is 109 Å². The van der Waals surface area contributed by atoms with Crippen molar-refractivity contribution >= 4 is 11.9 Å². The first kappa shape index (κ1) is 17.7. The summed E-state index contributed by atoms with van der Waals surface area (Å²) in [4.78, 5) is 22.8. The summed E-state index contributed by atoms with van der Waals surface area (Å²) in [5.41, 5.74) is 0. The molecule has 2 N–H and O–H groups in total. The van der Waals surface area contributed by atoms with E-state index in [1.807, 2.05) is 19.2 Å². The summed E-state index contributed by atoms with van der Waals surface area (Å²) in [6.07, 6.45) is -4.02. The fourth-order valence-electron chi connectivity index (χ4n) is 1.39. The maximum Gasteiger partial charge on any atom is 0.401 e. The van der Waals surface area contributed by atoms with Crippen molar-refractivity contribution < 1.29 is 27.5 Å². The second-order valence-electron chi connectivity index (χ2n) is 4.49. The number of halogens is 3. The summed E-state index contributed by atoms with van der Waals surface area (Å²) >= 11 is 0. The van der Waals surface area contributed by atoms with Crippen molar-refractivity contribution in [2.24, 2.45) is 5.92 Å². The molecule has 0 aromatic rings. The van der Waals surface area contributed by atoms with Crippen molar-refractivity contribution in [1.82, 2.24) is 10.6 Å². The first-order chi connectivity index (χ1) is 8.65. The van der Waals surface area contributed by atoms with Gasteiger partial charge >= 0.3 is 12.1 Å². The standard InChI is InChI=1S/C11H19F3N2O3/c1-7(2)4-8(10(18)19-3)16-9(17)5-15-6-11(12,13)14/h7-8,15H,4-6H2,1-3H3,(H,16,17). The minimum Gasteiger partial charge on any atom is -0.467 e. The van der Waals surface area contributed by atoms with Gasteiger partial charge in [0, 0.05) is 0 Å². The van der Waals surface area contributed by atoms with E-state index in [0.29, 0.717) is 6.42 Å². The van der Waals surface area contributed by atoms with E-state index in [1.54, 1.807) is 0 Å². The van der Waals surface area contributed by atoms with Gasteiger partial charge in [-0.25, -0.2) is 4.79 Å². The second kappa shape index (κ2) is 7.98. The van der Waals surface area contributed by atoms with Gasteiger partial charge in [0.25, 0.3) is 0 Å². The second-order valence-corrected chi connectivity index (χ2v) is 4.49. The molecule has 19 heavy (non-hydrogen) atoms. The average molecular weight is 284 g/mol. The van der Waals surface area contributed by atoms with Crippen LogP contribution in [0.3, 0.4) is 0 Å². The van der Waals surface area contributed by atoms with Crippen LogP contribution in [-0.2, 0) is 14.3 Å². The third-order valence-electron chi connectivity index (χ3n) is 2.14. The van der Waals surface area contributed by atoms with E-state index in [2.05, 4.69) is 10.1 Å². The van der Waals surface area contributed by atoms with Crippen LogP contribution in [0.25, 0.3) is 0 Å². The van der Waals surface area contributed by atoms with Crippen LogP contribution in [0.2, 0.25) is 0 Å². The lowest BCUT2D eigenvalue weighted by Gasteiger charge is -2.18. The van der Waals surface area contributed by atoms with Crippen LogP contribution < -0.4 is 10.6 Å². The van der Waals surface area contributed by atoms with Crippen LogP contribution in [-0.4, -0.2) is 44.3 Å². The number of esters is 1. The zero-order valence-electron chi connectivity index (χ0n) is 11.1. The number of nitrogens with one attached hydrogen (secondary N) is 2. The van der Waals surface area contributed by atoms with Crippen LogP contribution in [0.5, 0.6) is 0 Å². The molecular weight excluding hydrogens is 265 g/mol. The van der Waals surface area contributed by atoms with E-state index in [0.717, 1.165) is 0 Å². The quantitative estimate of drug-likeness (QED) is 0.680. The third kappa shape index (κ3) is 9.29. The number of amides is 1. The number of carbonyl (C=O) groups is 2. The molecule has 0 aliphatic carbocycles. The minimum atomic E-state index is -4.38. The number of carbonyl (C=O) groups excluding carboxylic acids is 2. The molecule has 8 heteroatoms. The summed E-state index contributed by atoms with van der Waals surface area (Å²) in [7, 11) is 1.18. The zero-order chi connectivity index (χ0) is 15.1. The number of rotatable bonds is 7. The number of ether oxygens (including phenoxy) is 1. The highest BCUT2D eigenvalue weighted by Gasteiger charge is 2.27. The Morgan fingerprint density at radius 1 is 1.26 bits per heavy atom. The lowest BCUT2D eigenvalue weighted by atomic mass is 10.0. The first-order valence-corrected chi connectivity index (χ1v) is 5.80. The minimum absolute atomic E-state index is 0.132.